The van der Waals surface area contributed by atoms with Crippen LogP contribution in [0.2, 0.25) is 0 Å². The summed E-state index contributed by atoms with van der Waals surface area (Å²) in [6.45, 7) is 0. The number of benzene rings is 1. The minimum absolute atomic E-state index is 0.153. The summed E-state index contributed by atoms with van der Waals surface area (Å²) in [5.74, 6) is -0.891. The molecular formula is C19H29NO4. The summed E-state index contributed by atoms with van der Waals surface area (Å²) in [5.41, 5.74) is 6.96. The van der Waals surface area contributed by atoms with Gasteiger partial charge >= 0.3 is 5.97 Å². The average molecular weight is 335 g/mol. The Labute approximate surface area is 143 Å². The van der Waals surface area contributed by atoms with E-state index in [-0.39, 0.29) is 18.2 Å². The molecule has 1 saturated carbocycles. The van der Waals surface area contributed by atoms with Gasteiger partial charge in [0.1, 0.15) is 5.75 Å². The second kappa shape index (κ2) is 9.04. The number of aliphatic hydroxyl groups is 1. The quantitative estimate of drug-likeness (QED) is 0.585. The van der Waals surface area contributed by atoms with Gasteiger partial charge in [0.2, 0.25) is 0 Å². The maximum absolute atomic E-state index is 11.5. The predicted octanol–water partition coefficient (Wildman–Crippen LogP) is 2.68. The molecule has 5 nitrogen and oxygen atoms in total. The van der Waals surface area contributed by atoms with E-state index >= 15 is 0 Å². The smallest absolute Gasteiger partial charge is 0.306 e. The van der Waals surface area contributed by atoms with E-state index in [4.69, 9.17) is 5.73 Å². The molecule has 0 aliphatic heterocycles. The van der Waals surface area contributed by atoms with Crippen LogP contribution in [0.4, 0.5) is 0 Å². The number of carboxylic acids is 1. The van der Waals surface area contributed by atoms with Crippen LogP contribution in [0.25, 0.3) is 0 Å². The number of phenolic OH excluding ortho intramolecular Hbond substituents is 1. The zero-order chi connectivity index (χ0) is 17.5. The van der Waals surface area contributed by atoms with Crippen molar-refractivity contribution in [3.8, 4) is 5.75 Å². The molecule has 5 heteroatoms. The second-order valence-electron chi connectivity index (χ2n) is 7.11. The Morgan fingerprint density at radius 1 is 1.17 bits per heavy atom. The first kappa shape index (κ1) is 18.7. The molecule has 1 aliphatic rings. The summed E-state index contributed by atoms with van der Waals surface area (Å²) < 4.78 is 0. The molecule has 3 atom stereocenters. The second-order valence-corrected chi connectivity index (χ2v) is 7.11. The highest BCUT2D eigenvalue weighted by molar-refractivity contribution is 5.70. The van der Waals surface area contributed by atoms with E-state index < -0.39 is 18.0 Å². The van der Waals surface area contributed by atoms with Crippen molar-refractivity contribution in [1.29, 1.82) is 0 Å². The first-order chi connectivity index (χ1) is 11.5. The summed E-state index contributed by atoms with van der Waals surface area (Å²) in [6, 6.07) is 6.13. The highest BCUT2D eigenvalue weighted by Gasteiger charge is 2.27. The first-order valence-electron chi connectivity index (χ1n) is 8.90. The highest BCUT2D eigenvalue weighted by Crippen LogP contribution is 2.28. The molecule has 0 saturated heterocycles. The van der Waals surface area contributed by atoms with Gasteiger partial charge in [-0.3, -0.25) is 4.79 Å². The van der Waals surface area contributed by atoms with Crippen LogP contribution in [-0.4, -0.2) is 33.4 Å². The number of aliphatic carboxylic acids is 1. The maximum atomic E-state index is 11.5. The van der Waals surface area contributed by atoms with Gasteiger partial charge in [-0.25, -0.2) is 0 Å². The third-order valence-corrected chi connectivity index (χ3v) is 5.12. The Balaban J connectivity index is 1.88. The molecule has 0 aromatic heterocycles. The zero-order valence-electron chi connectivity index (χ0n) is 14.1. The van der Waals surface area contributed by atoms with Gasteiger partial charge in [-0.15, -0.1) is 0 Å². The number of carbonyl (C=O) groups is 1. The number of hydrogen-bond acceptors (Lipinski definition) is 4. The fourth-order valence-electron chi connectivity index (χ4n) is 3.62. The van der Waals surface area contributed by atoms with Crippen LogP contribution in [-0.2, 0) is 11.2 Å². The maximum Gasteiger partial charge on any atom is 0.306 e. The standard InChI is InChI=1S/C19H29NO4/c20-17(11-13-4-2-1-3-5-13)18(22)12-15(19(23)24)10-14-6-8-16(21)9-7-14/h6-9,13,15,17-18,21-22H,1-5,10-12,20H2,(H,23,24). The lowest BCUT2D eigenvalue weighted by atomic mass is 9.82. The van der Waals surface area contributed by atoms with Crippen LogP contribution in [0.1, 0.15) is 50.5 Å². The fraction of sp³-hybridized carbons (Fsp3) is 0.632. The lowest BCUT2D eigenvalue weighted by molar-refractivity contribution is -0.143. The van der Waals surface area contributed by atoms with Gasteiger partial charge in [0, 0.05) is 6.04 Å². The summed E-state index contributed by atoms with van der Waals surface area (Å²) in [5, 5.41) is 29.1. The molecule has 2 rings (SSSR count). The van der Waals surface area contributed by atoms with E-state index in [1.54, 1.807) is 24.3 Å². The van der Waals surface area contributed by atoms with Gasteiger partial charge in [0.15, 0.2) is 0 Å². The number of hydrogen-bond donors (Lipinski definition) is 4. The third kappa shape index (κ3) is 5.80. The average Bonchev–Trinajstić information content (AvgIpc) is 2.56. The Kier molecular flexibility index (Phi) is 7.06. The Hall–Kier alpha value is -1.59. The molecule has 24 heavy (non-hydrogen) atoms. The minimum atomic E-state index is -0.924. The van der Waals surface area contributed by atoms with Crippen molar-refractivity contribution >= 4 is 5.97 Å². The van der Waals surface area contributed by atoms with E-state index in [0.717, 1.165) is 24.8 Å². The number of rotatable bonds is 8. The monoisotopic (exact) mass is 335 g/mol. The molecule has 1 aromatic rings. The van der Waals surface area contributed by atoms with E-state index in [1.165, 1.54) is 19.3 Å². The largest absolute Gasteiger partial charge is 0.508 e. The van der Waals surface area contributed by atoms with Crippen LogP contribution in [0.15, 0.2) is 24.3 Å². The molecule has 5 N–H and O–H groups in total. The van der Waals surface area contributed by atoms with Crippen LogP contribution in [0, 0.1) is 11.8 Å². The van der Waals surface area contributed by atoms with Crippen molar-refractivity contribution in [2.75, 3.05) is 0 Å². The fourth-order valence-corrected chi connectivity index (χ4v) is 3.62. The van der Waals surface area contributed by atoms with Crippen molar-refractivity contribution in [2.45, 2.75) is 63.5 Å². The van der Waals surface area contributed by atoms with E-state index in [1.807, 2.05) is 0 Å². The van der Waals surface area contributed by atoms with E-state index in [0.29, 0.717) is 12.3 Å². The first-order valence-corrected chi connectivity index (χ1v) is 8.90. The van der Waals surface area contributed by atoms with E-state index in [2.05, 4.69) is 0 Å². The molecule has 1 aliphatic carbocycles. The molecular weight excluding hydrogens is 306 g/mol. The van der Waals surface area contributed by atoms with Gasteiger partial charge in [-0.1, -0.05) is 44.2 Å². The topological polar surface area (TPSA) is 104 Å². The van der Waals surface area contributed by atoms with Gasteiger partial charge in [0.05, 0.1) is 12.0 Å². The summed E-state index contributed by atoms with van der Waals surface area (Å²) >= 11 is 0. The van der Waals surface area contributed by atoms with Crippen molar-refractivity contribution in [3.05, 3.63) is 29.8 Å². The number of aliphatic hydroxyl groups excluding tert-OH is 1. The highest BCUT2D eigenvalue weighted by atomic mass is 16.4. The van der Waals surface area contributed by atoms with Crippen molar-refractivity contribution in [1.82, 2.24) is 0 Å². The molecule has 0 spiro atoms. The van der Waals surface area contributed by atoms with Crippen molar-refractivity contribution in [3.63, 3.8) is 0 Å². The molecule has 134 valence electrons. The Bertz CT molecular complexity index is 511. The molecule has 0 radical (unpaired) electrons. The minimum Gasteiger partial charge on any atom is -0.508 e. The molecule has 0 amide bonds. The molecule has 1 aromatic carbocycles. The third-order valence-electron chi connectivity index (χ3n) is 5.12. The SMILES string of the molecule is NC(CC1CCCCC1)C(O)CC(Cc1ccc(O)cc1)C(=O)O. The predicted molar refractivity (Wildman–Crippen MR) is 92.7 cm³/mol. The van der Waals surface area contributed by atoms with Crippen molar-refractivity contribution in [2.24, 2.45) is 17.6 Å². The van der Waals surface area contributed by atoms with Gasteiger partial charge in [-0.05, 0) is 42.9 Å². The summed E-state index contributed by atoms with van der Waals surface area (Å²) in [4.78, 5) is 11.5. The lowest BCUT2D eigenvalue weighted by Gasteiger charge is -2.28. The number of aromatic hydroxyl groups is 1. The molecule has 0 bridgehead atoms. The van der Waals surface area contributed by atoms with Crippen LogP contribution >= 0.6 is 0 Å². The van der Waals surface area contributed by atoms with Crippen LogP contribution in [0.3, 0.4) is 0 Å². The van der Waals surface area contributed by atoms with Crippen molar-refractivity contribution < 1.29 is 20.1 Å². The van der Waals surface area contributed by atoms with Crippen LogP contribution < -0.4 is 5.73 Å². The van der Waals surface area contributed by atoms with Crippen LogP contribution in [0.5, 0.6) is 5.75 Å². The molecule has 0 heterocycles. The normalized spacial score (nSPS) is 19.6. The Morgan fingerprint density at radius 2 is 1.79 bits per heavy atom. The lowest BCUT2D eigenvalue weighted by Crippen LogP contribution is -2.39. The van der Waals surface area contributed by atoms with Gasteiger partial charge in [0.25, 0.3) is 0 Å². The molecule has 1 fully saturated rings. The summed E-state index contributed by atoms with van der Waals surface area (Å²) in [7, 11) is 0. The van der Waals surface area contributed by atoms with E-state index in [9.17, 15) is 20.1 Å². The number of carboxylic acid groups (broad SMARTS) is 1. The molecule has 3 unspecified atom stereocenters. The number of nitrogens with two attached hydrogens (primary N) is 1. The number of phenols is 1. The summed E-state index contributed by atoms with van der Waals surface area (Å²) in [6.07, 6.45) is 6.51. The zero-order valence-corrected chi connectivity index (χ0v) is 14.1. The van der Waals surface area contributed by atoms with Gasteiger partial charge in [-0.2, -0.15) is 0 Å². The Morgan fingerprint density at radius 3 is 2.38 bits per heavy atom. The van der Waals surface area contributed by atoms with Gasteiger partial charge < -0.3 is 21.1 Å².